The summed E-state index contributed by atoms with van der Waals surface area (Å²) in [6, 6.07) is 10.3. The van der Waals surface area contributed by atoms with Gasteiger partial charge in [0, 0.05) is 4.90 Å². The molecule has 0 bridgehead atoms. The van der Waals surface area contributed by atoms with Crippen molar-refractivity contribution in [3.8, 4) is 0 Å². The number of rotatable bonds is 1. The zero-order valence-corrected chi connectivity index (χ0v) is 7.66. The van der Waals surface area contributed by atoms with E-state index in [-0.39, 0.29) is 0 Å². The second-order valence-corrected chi connectivity index (χ2v) is 5.51. The molecule has 0 spiro atoms. The van der Waals surface area contributed by atoms with Crippen molar-refractivity contribution < 1.29 is 0 Å². The fourth-order valence-corrected chi connectivity index (χ4v) is 2.68. The Labute approximate surface area is 73.5 Å². The summed E-state index contributed by atoms with van der Waals surface area (Å²) in [4.78, 5) is 1.27. The van der Waals surface area contributed by atoms with E-state index in [1.165, 1.54) is 4.90 Å². The van der Waals surface area contributed by atoms with Gasteiger partial charge in [-0.3, -0.25) is 0 Å². The molecule has 3 heteroatoms. The van der Waals surface area contributed by atoms with Crippen LogP contribution in [0, 0.1) is 0 Å². The first kappa shape index (κ1) is 7.55. The minimum atomic E-state index is -1.10. The molecule has 1 aromatic carbocycles. The predicted octanol–water partition coefficient (Wildman–Crippen LogP) is 3.33. The van der Waals surface area contributed by atoms with Gasteiger partial charge in [-0.15, -0.1) is 4.52 Å². The Morgan fingerprint density at radius 3 is 2.50 bits per heavy atom. The number of benzene rings is 1. The highest BCUT2D eigenvalue weighted by Crippen LogP contribution is 2.57. The molecule has 2 rings (SSSR count). The van der Waals surface area contributed by atoms with E-state index in [2.05, 4.69) is 33.4 Å². The molecule has 0 N–H and O–H groups in total. The van der Waals surface area contributed by atoms with Crippen molar-refractivity contribution in [2.24, 2.45) is 9.63 Å². The van der Waals surface area contributed by atoms with Crippen molar-refractivity contribution in [2.45, 2.75) is 4.90 Å². The third-order valence-corrected chi connectivity index (χ3v) is 4.14. The maximum absolute atomic E-state index is 4.24. The monoisotopic (exact) mass is 178 g/mol. The topological polar surface area (TPSA) is 24.7 Å². The maximum atomic E-state index is 4.24. The van der Waals surface area contributed by atoms with E-state index < -0.39 is 10.2 Å². The second-order valence-electron chi connectivity index (χ2n) is 2.73. The van der Waals surface area contributed by atoms with Crippen LogP contribution in [-0.2, 0) is 0 Å². The third kappa shape index (κ3) is 1.16. The summed E-state index contributed by atoms with van der Waals surface area (Å²) >= 11 is 0. The van der Waals surface area contributed by atoms with Crippen molar-refractivity contribution in [2.75, 3.05) is 6.26 Å². The van der Waals surface area contributed by atoms with Crippen LogP contribution in [-0.4, -0.2) is 6.26 Å². The van der Waals surface area contributed by atoms with Crippen LogP contribution in [0.2, 0.25) is 0 Å². The molecule has 1 atom stereocenters. The van der Waals surface area contributed by atoms with E-state index in [1.54, 1.807) is 6.20 Å². The Kier molecular flexibility index (Phi) is 1.73. The van der Waals surface area contributed by atoms with Gasteiger partial charge >= 0.3 is 0 Å². The van der Waals surface area contributed by atoms with Crippen LogP contribution in [0.4, 0.5) is 0 Å². The van der Waals surface area contributed by atoms with Gasteiger partial charge in [-0.05, 0) is 23.8 Å². The average molecular weight is 178 g/mol. The first-order valence-electron chi connectivity index (χ1n) is 3.73. The van der Waals surface area contributed by atoms with Gasteiger partial charge in [-0.1, -0.05) is 28.4 Å². The van der Waals surface area contributed by atoms with Gasteiger partial charge < -0.3 is 0 Å². The van der Waals surface area contributed by atoms with E-state index in [9.17, 15) is 0 Å². The zero-order chi connectivity index (χ0) is 8.44. The van der Waals surface area contributed by atoms with Crippen molar-refractivity contribution in [1.29, 1.82) is 0 Å². The molecule has 0 saturated carbocycles. The quantitative estimate of drug-likeness (QED) is 0.630. The van der Waals surface area contributed by atoms with Crippen LogP contribution in [0.1, 0.15) is 0 Å². The van der Waals surface area contributed by atoms with Crippen LogP contribution in [0.3, 0.4) is 0 Å². The Balaban J connectivity index is 2.43. The van der Waals surface area contributed by atoms with Gasteiger partial charge in [0.2, 0.25) is 0 Å². The van der Waals surface area contributed by atoms with E-state index in [0.717, 1.165) is 0 Å². The fraction of sp³-hybridized carbons (Fsp3) is 0.111. The molecule has 2 nitrogen and oxygen atoms in total. The van der Waals surface area contributed by atoms with Gasteiger partial charge in [0.15, 0.2) is 0 Å². The highest BCUT2D eigenvalue weighted by Gasteiger charge is 2.18. The predicted molar refractivity (Wildman–Crippen MR) is 52.2 cm³/mol. The molecular weight excluding hydrogens is 168 g/mol. The first-order valence-corrected chi connectivity index (χ1v) is 5.79. The van der Waals surface area contributed by atoms with Crippen LogP contribution < -0.4 is 0 Å². The summed E-state index contributed by atoms with van der Waals surface area (Å²) < 4.78 is 4.24. The molecular formula is C9H10N2S. The zero-order valence-electron chi connectivity index (χ0n) is 6.84. The number of nitrogens with zero attached hydrogens (tertiary/aromatic N) is 2. The van der Waals surface area contributed by atoms with Crippen molar-refractivity contribution in [1.82, 2.24) is 0 Å². The molecule has 0 aromatic heterocycles. The van der Waals surface area contributed by atoms with Gasteiger partial charge in [0.05, 0.1) is 6.20 Å². The van der Waals surface area contributed by atoms with Gasteiger partial charge in [-0.25, -0.2) is 0 Å². The van der Waals surface area contributed by atoms with E-state index in [1.807, 2.05) is 18.2 Å². The molecule has 0 radical (unpaired) electrons. The maximum Gasteiger partial charge on any atom is 0.0570 e. The normalized spacial score (nSPS) is 31.8. The van der Waals surface area contributed by atoms with E-state index in [0.29, 0.717) is 0 Å². The summed E-state index contributed by atoms with van der Waals surface area (Å²) in [5.41, 5.74) is 0. The Hall–Kier alpha value is -1.09. The van der Waals surface area contributed by atoms with Crippen molar-refractivity contribution in [3.05, 3.63) is 41.9 Å². The minimum Gasteiger partial charge on any atom is -0.152 e. The summed E-state index contributed by atoms with van der Waals surface area (Å²) in [6.07, 6.45) is 3.91. The van der Waals surface area contributed by atoms with Gasteiger partial charge in [-0.2, -0.15) is 5.11 Å². The lowest BCUT2D eigenvalue weighted by atomic mass is 10.4. The molecule has 62 valence electrons. The molecule has 1 aliphatic rings. The van der Waals surface area contributed by atoms with Crippen LogP contribution in [0.25, 0.3) is 0 Å². The Morgan fingerprint density at radius 2 is 1.92 bits per heavy atom. The first-order chi connectivity index (χ1) is 5.81. The number of hydrogen-bond donors (Lipinski definition) is 0. The Morgan fingerprint density at radius 1 is 1.17 bits per heavy atom. The summed E-state index contributed by atoms with van der Waals surface area (Å²) in [6.45, 7) is 0. The molecule has 0 amide bonds. The lowest BCUT2D eigenvalue weighted by Gasteiger charge is -2.22. The van der Waals surface area contributed by atoms with E-state index >= 15 is 0 Å². The van der Waals surface area contributed by atoms with Crippen molar-refractivity contribution in [3.63, 3.8) is 0 Å². The van der Waals surface area contributed by atoms with Crippen LogP contribution >= 0.6 is 10.2 Å². The second kappa shape index (κ2) is 2.75. The average Bonchev–Trinajstić information content (AvgIpc) is 2.55. The molecule has 1 heterocycles. The summed E-state index contributed by atoms with van der Waals surface area (Å²) in [5, 5.41) is 5.98. The summed E-state index contributed by atoms with van der Waals surface area (Å²) in [5.74, 6) is 0. The lowest BCUT2D eigenvalue weighted by molar-refractivity contribution is 1.34. The van der Waals surface area contributed by atoms with Gasteiger partial charge in [0.25, 0.3) is 0 Å². The molecule has 1 aliphatic heterocycles. The summed E-state index contributed by atoms with van der Waals surface area (Å²) in [7, 11) is -1.10. The van der Waals surface area contributed by atoms with Crippen LogP contribution in [0.5, 0.6) is 0 Å². The largest absolute Gasteiger partial charge is 0.152 e. The highest BCUT2D eigenvalue weighted by molar-refractivity contribution is 8.34. The highest BCUT2D eigenvalue weighted by atomic mass is 32.3. The molecule has 0 fully saturated rings. The Bertz CT molecular complexity index is 318. The minimum absolute atomic E-state index is 1.10. The molecule has 0 saturated heterocycles. The lowest BCUT2D eigenvalue weighted by Crippen LogP contribution is -1.86. The third-order valence-electron chi connectivity index (χ3n) is 1.83. The molecule has 12 heavy (non-hydrogen) atoms. The SMILES string of the molecule is CS1(c2ccccc2)C=CN=N1. The van der Waals surface area contributed by atoms with Crippen LogP contribution in [0.15, 0.2) is 56.5 Å². The smallest absolute Gasteiger partial charge is 0.0570 e. The van der Waals surface area contributed by atoms with Gasteiger partial charge in [0.1, 0.15) is 0 Å². The fourth-order valence-electron chi connectivity index (χ4n) is 1.12. The standard InChI is InChI=1S/C9H10N2S/c1-12(8-7-10-11-12)9-5-3-2-4-6-9/h2-8H,1H3. The molecule has 0 aliphatic carbocycles. The van der Waals surface area contributed by atoms with E-state index in [4.69, 9.17) is 0 Å². The molecule has 1 unspecified atom stereocenters. The van der Waals surface area contributed by atoms with Crippen molar-refractivity contribution >= 4 is 10.2 Å². The number of hydrogen-bond acceptors (Lipinski definition) is 2. The molecule has 1 aromatic rings.